The van der Waals surface area contributed by atoms with Crippen LogP contribution in [0.2, 0.25) is 5.02 Å². The number of benzene rings is 5. The van der Waals surface area contributed by atoms with Crippen LogP contribution < -0.4 is 74.9 Å². The molecule has 1 saturated heterocycles. The molecule has 1 aliphatic rings. The summed E-state index contributed by atoms with van der Waals surface area (Å²) in [6.45, 7) is 6.56. The number of aliphatic hydroxyl groups is 1. The van der Waals surface area contributed by atoms with Crippen LogP contribution in [0.4, 0.5) is 11.4 Å². The zero-order valence-electron chi connectivity index (χ0n) is 61.4. The van der Waals surface area contributed by atoms with Gasteiger partial charge in [-0.3, -0.25) is 77.5 Å². The van der Waals surface area contributed by atoms with Crippen LogP contribution in [0, 0.1) is 11.3 Å². The molecule has 0 radical (unpaired) electrons. The molecule has 34 heteroatoms. The number of nitrogens with one attached hydrogen (secondary N) is 14. The van der Waals surface area contributed by atoms with Crippen molar-refractivity contribution in [3.8, 4) is 0 Å². The molecule has 2 heterocycles. The Balaban J connectivity index is 1.19. The average Bonchev–Trinajstić information content (AvgIpc) is 1.77. The predicted octanol–water partition coefficient (Wildman–Crippen LogP) is 0.392. The molecule has 1 aromatic heterocycles. The second kappa shape index (κ2) is 41.1. The van der Waals surface area contributed by atoms with Crippen LogP contribution in [0.3, 0.4) is 0 Å². The second-order valence-corrected chi connectivity index (χ2v) is 27.3. The fraction of sp³-hybridized carbons (Fsp3) is 0.368. The third kappa shape index (κ3) is 26.8. The number of amides is 13. The molecule has 584 valence electrons. The van der Waals surface area contributed by atoms with Crippen molar-refractivity contribution < 1.29 is 77.3 Å². The predicted molar refractivity (Wildman–Crippen MR) is 405 cm³/mol. The summed E-state index contributed by atoms with van der Waals surface area (Å²) in [7, 11) is 0. The second-order valence-electron chi connectivity index (χ2n) is 26.9. The maximum atomic E-state index is 15.3. The van der Waals surface area contributed by atoms with Gasteiger partial charge in [0.15, 0.2) is 12.1 Å². The molecule has 33 nitrogen and oxygen atoms in total. The summed E-state index contributed by atoms with van der Waals surface area (Å²) in [4.78, 5) is 199. The van der Waals surface area contributed by atoms with Gasteiger partial charge < -0.3 is 90.0 Å². The first-order valence-corrected chi connectivity index (χ1v) is 35.7. The summed E-state index contributed by atoms with van der Waals surface area (Å²) in [5.74, 6) is -13.6. The number of carbonyl (C=O) groups excluding carboxylic acids is 13. The fourth-order valence-corrected chi connectivity index (χ4v) is 12.1. The van der Waals surface area contributed by atoms with Gasteiger partial charge in [-0.15, -0.1) is 0 Å². The Morgan fingerprint density at radius 3 is 1.43 bits per heavy atom. The minimum absolute atomic E-state index is 0.00884. The maximum Gasteiger partial charge on any atom is 0.325 e. The Bertz CT molecular complexity index is 4330. The first kappa shape index (κ1) is 84.9. The Kier molecular flexibility index (Phi) is 31.7. The van der Waals surface area contributed by atoms with Gasteiger partial charge in [-0.2, -0.15) is 0 Å². The van der Waals surface area contributed by atoms with Gasteiger partial charge in [0.05, 0.1) is 13.2 Å². The molecule has 10 atom stereocenters. The number of likely N-dealkylation sites (tertiary alicyclic amines) is 1. The minimum Gasteiger partial charge on any atom is -0.480 e. The molecule has 1 unspecified atom stereocenters. The molecular formula is C76H92ClN17O16. The van der Waals surface area contributed by atoms with Crippen molar-refractivity contribution in [2.75, 3.05) is 30.3 Å². The Labute approximate surface area is 638 Å². The van der Waals surface area contributed by atoms with Gasteiger partial charge in [-0.05, 0) is 113 Å². The zero-order chi connectivity index (χ0) is 80.3. The van der Waals surface area contributed by atoms with Crippen LogP contribution in [0.1, 0.15) is 88.6 Å². The molecule has 1 fully saturated rings. The number of halogens is 1. The summed E-state index contributed by atoms with van der Waals surface area (Å²) in [6.07, 6.45) is -0.0934. The van der Waals surface area contributed by atoms with E-state index in [-0.39, 0.29) is 57.9 Å². The number of nitrogens with zero attached hydrogens (tertiary/aromatic N) is 2. The Morgan fingerprint density at radius 2 is 0.964 bits per heavy atom. The van der Waals surface area contributed by atoms with Crippen LogP contribution in [0.5, 0.6) is 0 Å². The largest absolute Gasteiger partial charge is 0.480 e. The van der Waals surface area contributed by atoms with E-state index in [0.29, 0.717) is 44.2 Å². The van der Waals surface area contributed by atoms with E-state index in [1.54, 1.807) is 50.2 Å². The molecule has 6 aromatic rings. The van der Waals surface area contributed by atoms with Crippen LogP contribution in [-0.2, 0) is 99.2 Å². The third-order valence-electron chi connectivity index (χ3n) is 17.4. The number of fused-ring (bicyclic) bond motifs is 1. The lowest BCUT2D eigenvalue weighted by molar-refractivity contribution is -0.146. The minimum atomic E-state index is -1.96. The molecule has 0 spiro atoms. The zero-order valence-corrected chi connectivity index (χ0v) is 62.1. The number of hydrogen-bond acceptors (Lipinski definition) is 17. The van der Waals surface area contributed by atoms with Gasteiger partial charge in [-0.25, -0.2) is 0 Å². The van der Waals surface area contributed by atoms with Gasteiger partial charge in [0.25, 0.3) is 5.91 Å². The number of pyridine rings is 1. The number of carbonyl (C=O) groups is 14. The van der Waals surface area contributed by atoms with Crippen molar-refractivity contribution in [1.82, 2.24) is 68.4 Å². The van der Waals surface area contributed by atoms with Gasteiger partial charge in [0, 0.05) is 88.2 Å². The van der Waals surface area contributed by atoms with Crippen molar-refractivity contribution in [3.63, 3.8) is 0 Å². The lowest BCUT2D eigenvalue weighted by Gasteiger charge is -2.31. The summed E-state index contributed by atoms with van der Waals surface area (Å²) in [5, 5.41) is 63.6. The van der Waals surface area contributed by atoms with Crippen molar-refractivity contribution >= 4 is 122 Å². The summed E-state index contributed by atoms with van der Waals surface area (Å²) in [5.41, 5.74) is 8.47. The summed E-state index contributed by atoms with van der Waals surface area (Å²) in [6, 6.07) is 21.1. The molecule has 5 aromatic carbocycles. The number of guanidine groups is 1. The van der Waals surface area contributed by atoms with E-state index in [1.165, 1.54) is 88.6 Å². The Hall–Kier alpha value is -12.4. The van der Waals surface area contributed by atoms with Crippen LogP contribution >= 0.6 is 11.6 Å². The molecule has 13 amide bonds. The normalized spacial score (nSPS) is 14.8. The van der Waals surface area contributed by atoms with E-state index >= 15 is 9.59 Å². The molecule has 110 heavy (non-hydrogen) atoms. The van der Waals surface area contributed by atoms with Crippen molar-refractivity contribution in [2.45, 2.75) is 153 Å². The molecule has 0 bridgehead atoms. The number of aromatic nitrogens is 1. The Morgan fingerprint density at radius 1 is 0.518 bits per heavy atom. The van der Waals surface area contributed by atoms with Gasteiger partial charge in [0.1, 0.15) is 54.4 Å². The number of aliphatic carboxylic acids is 1. The first-order chi connectivity index (χ1) is 52.3. The molecule has 7 rings (SSSR count). The highest BCUT2D eigenvalue weighted by molar-refractivity contribution is 6.30. The lowest BCUT2D eigenvalue weighted by atomic mass is 9.99. The smallest absolute Gasteiger partial charge is 0.325 e. The standard InChI is InChI=1S/C76H92ClN17O16/c1-41(2)31-56(71(105)93-65(92-64(99)39-81-76(78)79)74(108)94-30-10-14-63(94)73(107)82-42(3)75(109)110)86-67(101)59(34-47-18-25-54(26-19-47)83-43(4)96)88-69(103)60(35-48-20-27-55(28-21-48)84-44(5)97)90-72(106)62(40-95)91-70(104)61(37-50-11-9-29-80-38-50)89-68(102)58(33-46-16-23-53(77)24-17-46)87-66(100)57(85-45(6)98)36-49-15-22-51-12-7-8-13-52(51)32-49/h7-9,11-13,15-29,32,38,41-42,56-63,65,95H,10,14,30-31,33-37,39-40H2,1-6H3,(H,82,107)(H,83,96)(H,84,97)(H,85,98)(H,86,101)(H,87,100)(H,88,103)(H,89,102)(H,90,106)(H,91,104)(H,92,99)(H,93,105)(H,109,110)(H4,78,79,81)/t42-,56+,57-,58-,59-,60+,61-,62+,63+,65?/m1/s1. The van der Waals surface area contributed by atoms with Crippen molar-refractivity contribution in [1.29, 1.82) is 5.41 Å². The molecular weight excluding hydrogens is 1440 g/mol. The van der Waals surface area contributed by atoms with Gasteiger partial charge in [0.2, 0.25) is 70.9 Å². The topological polar surface area (TPSA) is 502 Å². The summed E-state index contributed by atoms with van der Waals surface area (Å²) >= 11 is 6.25. The van der Waals surface area contributed by atoms with Crippen LogP contribution in [0.25, 0.3) is 10.8 Å². The highest BCUT2D eigenvalue weighted by atomic mass is 35.5. The lowest BCUT2D eigenvalue weighted by Crippen LogP contribution is -2.64. The molecule has 18 N–H and O–H groups in total. The van der Waals surface area contributed by atoms with E-state index in [4.69, 9.17) is 22.7 Å². The third-order valence-corrected chi connectivity index (χ3v) is 17.7. The van der Waals surface area contributed by atoms with Gasteiger partial charge >= 0.3 is 5.97 Å². The quantitative estimate of drug-likeness (QED) is 0.0142. The molecule has 0 saturated carbocycles. The van der Waals surface area contributed by atoms with E-state index < -0.39 is 168 Å². The van der Waals surface area contributed by atoms with E-state index in [2.05, 4.69) is 74.1 Å². The number of aliphatic hydroxyl groups excluding tert-OH is 1. The number of hydrogen-bond donors (Lipinski definition) is 17. The van der Waals surface area contributed by atoms with E-state index in [0.717, 1.165) is 15.7 Å². The molecule has 0 aliphatic carbocycles. The number of carboxylic acid groups (broad SMARTS) is 1. The van der Waals surface area contributed by atoms with E-state index in [1.807, 2.05) is 42.5 Å². The van der Waals surface area contributed by atoms with Crippen molar-refractivity contribution in [2.24, 2.45) is 11.7 Å². The van der Waals surface area contributed by atoms with Crippen LogP contribution in [-0.4, -0.2) is 189 Å². The monoisotopic (exact) mass is 1530 g/mol. The number of nitrogens with two attached hydrogens (primary N) is 1. The number of carboxylic acids is 1. The highest BCUT2D eigenvalue weighted by Gasteiger charge is 2.41. The number of rotatable bonds is 37. The van der Waals surface area contributed by atoms with E-state index in [9.17, 15) is 67.7 Å². The summed E-state index contributed by atoms with van der Waals surface area (Å²) < 4.78 is 0. The highest BCUT2D eigenvalue weighted by Crippen LogP contribution is 2.22. The SMILES string of the molecule is CC(=O)Nc1ccc(C[C@H](NC(=O)[C@H](CO)NC(=O)[C@@H](Cc2cccnc2)NC(=O)[C@@H](Cc2ccc(Cl)cc2)NC(=O)[C@@H](Cc2ccc3ccccc3c2)NC(C)=O)C(=O)N[C@H](Cc2ccc(NC(C)=O)cc2)C(=O)N[C@@H](CC(C)C)C(=O)NC(NC(=O)CNC(=N)N)C(=O)N2CCC[C@H]2C(=O)N[C@H](C)C(=O)O)cc1. The van der Waals surface area contributed by atoms with Crippen molar-refractivity contribution in [3.05, 3.63) is 173 Å². The first-order valence-electron chi connectivity index (χ1n) is 35.4. The number of anilines is 2. The van der Waals surface area contributed by atoms with Gasteiger partial charge in [-0.1, -0.05) is 110 Å². The maximum absolute atomic E-state index is 15.3. The average molecular weight is 1540 g/mol. The molecule has 1 aliphatic heterocycles. The van der Waals surface area contributed by atoms with Crippen LogP contribution in [0.15, 0.2) is 140 Å². The fourth-order valence-electron chi connectivity index (χ4n) is 12.0.